The normalized spacial score (nSPS) is 16.4. The second-order valence-electron chi connectivity index (χ2n) is 6.39. The molecule has 1 fully saturated rings. The molecule has 0 aliphatic carbocycles. The molecule has 12 heteroatoms. The topological polar surface area (TPSA) is 79.4 Å². The van der Waals surface area contributed by atoms with Crippen molar-refractivity contribution >= 4 is 50.3 Å². The summed E-state index contributed by atoms with van der Waals surface area (Å²) in [5.41, 5.74) is -0.131. The van der Waals surface area contributed by atoms with Gasteiger partial charge in [-0.1, -0.05) is 49.1 Å². The highest BCUT2D eigenvalue weighted by atomic mass is 32.2. The predicted molar refractivity (Wildman–Crippen MR) is 115 cm³/mol. The van der Waals surface area contributed by atoms with Crippen molar-refractivity contribution in [1.29, 1.82) is 0 Å². The summed E-state index contributed by atoms with van der Waals surface area (Å²) in [6, 6.07) is 8.18. The summed E-state index contributed by atoms with van der Waals surface area (Å²) in [6.45, 7) is 1.88. The fourth-order valence-electron chi connectivity index (χ4n) is 2.70. The van der Waals surface area contributed by atoms with Crippen LogP contribution in [-0.4, -0.2) is 35.1 Å². The Morgan fingerprint density at radius 2 is 2.00 bits per heavy atom. The average molecular weight is 488 g/mol. The van der Waals surface area contributed by atoms with Crippen LogP contribution in [0.15, 0.2) is 52.4 Å². The molecule has 1 aliphatic heterocycles. The maximum Gasteiger partial charge on any atom is 0.433 e. The summed E-state index contributed by atoms with van der Waals surface area (Å²) < 4.78 is 64.9. The molecule has 1 amide bonds. The molecule has 6 nitrogen and oxygen atoms in total. The number of thiocarbonyl (C=S) groups is 1. The zero-order chi connectivity index (χ0) is 22.8. The molecule has 1 aliphatic rings. The van der Waals surface area contributed by atoms with Crippen molar-refractivity contribution < 1.29 is 26.4 Å². The summed E-state index contributed by atoms with van der Waals surface area (Å²) in [7, 11) is -3.65. The lowest BCUT2D eigenvalue weighted by atomic mass is 10.2. The van der Waals surface area contributed by atoms with Crippen molar-refractivity contribution in [3.8, 4) is 0 Å². The summed E-state index contributed by atoms with van der Waals surface area (Å²) >= 11 is 6.27. The number of nitrogens with one attached hydrogen (secondary N) is 1. The number of rotatable bonds is 6. The number of thioether (sulfide) groups is 1. The average Bonchev–Trinajstić information content (AvgIpc) is 2.95. The third-order valence-corrected chi connectivity index (χ3v) is 7.05. The standard InChI is InChI=1S/C19H16F3N3O3S3/c1-2-24-31(27,28)14-5-3-4-12(8-14)9-15-17(26)25(18(29)30-15)11-13-6-7-16(23-10-13)19(20,21)22/h3-10,24H,2,11H2,1H3/b15-9-. The van der Waals surface area contributed by atoms with E-state index in [9.17, 15) is 26.4 Å². The van der Waals surface area contributed by atoms with E-state index in [-0.39, 0.29) is 27.2 Å². The fourth-order valence-corrected chi connectivity index (χ4v) is 5.05. The number of sulfonamides is 1. The van der Waals surface area contributed by atoms with Crippen molar-refractivity contribution in [3.63, 3.8) is 0 Å². The van der Waals surface area contributed by atoms with Gasteiger partial charge >= 0.3 is 6.18 Å². The van der Waals surface area contributed by atoms with Crippen LogP contribution in [0.3, 0.4) is 0 Å². The molecule has 31 heavy (non-hydrogen) atoms. The molecule has 1 saturated heterocycles. The van der Waals surface area contributed by atoms with Gasteiger partial charge in [0.15, 0.2) is 0 Å². The second-order valence-corrected chi connectivity index (χ2v) is 9.83. The van der Waals surface area contributed by atoms with Crippen LogP contribution in [0.1, 0.15) is 23.7 Å². The smallest absolute Gasteiger partial charge is 0.288 e. The van der Waals surface area contributed by atoms with Gasteiger partial charge in [-0.25, -0.2) is 13.1 Å². The number of alkyl halides is 3. The molecule has 0 radical (unpaired) electrons. The first-order valence-electron chi connectivity index (χ1n) is 8.88. The minimum absolute atomic E-state index is 0.0258. The van der Waals surface area contributed by atoms with Crippen molar-refractivity contribution in [2.45, 2.75) is 24.5 Å². The van der Waals surface area contributed by atoms with E-state index in [4.69, 9.17) is 12.2 Å². The van der Waals surface area contributed by atoms with Crippen molar-refractivity contribution in [1.82, 2.24) is 14.6 Å². The zero-order valence-electron chi connectivity index (χ0n) is 16.0. The molecule has 3 rings (SSSR count). The molecular formula is C19H16F3N3O3S3. The van der Waals surface area contributed by atoms with Gasteiger partial charge < -0.3 is 0 Å². The maximum absolute atomic E-state index is 12.8. The molecule has 1 aromatic heterocycles. The number of hydrogen-bond donors (Lipinski definition) is 1. The van der Waals surface area contributed by atoms with Crippen molar-refractivity contribution in [2.75, 3.05) is 6.54 Å². The molecule has 0 unspecified atom stereocenters. The van der Waals surface area contributed by atoms with Crippen LogP contribution in [-0.2, 0) is 27.5 Å². The van der Waals surface area contributed by atoms with Gasteiger partial charge in [0, 0.05) is 12.7 Å². The van der Waals surface area contributed by atoms with E-state index in [1.54, 1.807) is 19.1 Å². The lowest BCUT2D eigenvalue weighted by Gasteiger charge is -2.14. The Morgan fingerprint density at radius 3 is 2.61 bits per heavy atom. The van der Waals surface area contributed by atoms with Crippen LogP contribution in [0, 0.1) is 0 Å². The number of hydrogen-bond acceptors (Lipinski definition) is 6. The zero-order valence-corrected chi connectivity index (χ0v) is 18.5. The molecule has 1 N–H and O–H groups in total. The Labute approximate surface area is 186 Å². The molecule has 0 bridgehead atoms. The Hall–Kier alpha value is -2.28. The van der Waals surface area contributed by atoms with Crippen LogP contribution >= 0.6 is 24.0 Å². The van der Waals surface area contributed by atoms with E-state index in [0.29, 0.717) is 11.1 Å². The van der Waals surface area contributed by atoms with Gasteiger partial charge in [-0.2, -0.15) is 13.2 Å². The minimum Gasteiger partial charge on any atom is -0.288 e. The third-order valence-electron chi connectivity index (χ3n) is 4.13. The van der Waals surface area contributed by atoms with Gasteiger partial charge in [0.05, 0.1) is 16.3 Å². The number of pyridine rings is 1. The van der Waals surface area contributed by atoms with Gasteiger partial charge in [0.2, 0.25) is 10.0 Å². The lowest BCUT2D eigenvalue weighted by Crippen LogP contribution is -2.27. The Kier molecular flexibility index (Phi) is 6.84. The highest BCUT2D eigenvalue weighted by molar-refractivity contribution is 8.26. The number of halogens is 3. The molecule has 164 valence electrons. The van der Waals surface area contributed by atoms with Crippen LogP contribution in [0.4, 0.5) is 13.2 Å². The number of carbonyl (C=O) groups excluding carboxylic acids is 1. The van der Waals surface area contributed by atoms with E-state index in [1.165, 1.54) is 29.2 Å². The highest BCUT2D eigenvalue weighted by Gasteiger charge is 2.34. The number of amides is 1. The first kappa shape index (κ1) is 23.4. The number of benzene rings is 1. The highest BCUT2D eigenvalue weighted by Crippen LogP contribution is 2.34. The Bertz CT molecular complexity index is 1150. The van der Waals surface area contributed by atoms with E-state index >= 15 is 0 Å². The monoisotopic (exact) mass is 487 g/mol. The van der Waals surface area contributed by atoms with Gasteiger partial charge in [0.25, 0.3) is 5.91 Å². The molecule has 0 atom stereocenters. The minimum atomic E-state index is -4.54. The molecule has 0 saturated carbocycles. The summed E-state index contributed by atoms with van der Waals surface area (Å²) in [4.78, 5) is 17.7. The van der Waals surface area contributed by atoms with Crippen LogP contribution < -0.4 is 4.72 Å². The predicted octanol–water partition coefficient (Wildman–Crippen LogP) is 3.80. The quantitative estimate of drug-likeness (QED) is 0.493. The first-order chi connectivity index (χ1) is 14.5. The van der Waals surface area contributed by atoms with Crippen LogP contribution in [0.25, 0.3) is 6.08 Å². The molecule has 2 aromatic rings. The number of aromatic nitrogens is 1. The van der Waals surface area contributed by atoms with E-state index in [2.05, 4.69) is 9.71 Å². The first-order valence-corrected chi connectivity index (χ1v) is 11.6. The Balaban J connectivity index is 1.80. The third kappa shape index (κ3) is 5.50. The molecule has 1 aromatic carbocycles. The molecular weight excluding hydrogens is 471 g/mol. The van der Waals surface area contributed by atoms with Gasteiger partial charge in [-0.3, -0.25) is 14.7 Å². The summed E-state index contributed by atoms with van der Waals surface area (Å²) in [5, 5.41) is 0. The molecule has 0 spiro atoms. The largest absolute Gasteiger partial charge is 0.433 e. The summed E-state index contributed by atoms with van der Waals surface area (Å²) in [5.74, 6) is -0.421. The number of carbonyl (C=O) groups is 1. The molecule has 2 heterocycles. The SMILES string of the molecule is CCNS(=O)(=O)c1cccc(/C=C2\SC(=S)N(Cc3ccc(C(F)(F)F)nc3)C2=O)c1. The van der Waals surface area contributed by atoms with Crippen LogP contribution in [0.5, 0.6) is 0 Å². The van der Waals surface area contributed by atoms with Crippen molar-refractivity contribution in [3.05, 3.63) is 64.3 Å². The van der Waals surface area contributed by atoms with Crippen LogP contribution in [0.2, 0.25) is 0 Å². The summed E-state index contributed by atoms with van der Waals surface area (Å²) in [6.07, 6.45) is -1.97. The van der Waals surface area contributed by atoms with Gasteiger partial charge in [0.1, 0.15) is 10.0 Å². The lowest BCUT2D eigenvalue weighted by molar-refractivity contribution is -0.141. The fraction of sp³-hybridized carbons (Fsp3) is 0.211. The van der Waals surface area contributed by atoms with E-state index in [0.717, 1.165) is 24.0 Å². The van der Waals surface area contributed by atoms with E-state index < -0.39 is 27.8 Å². The van der Waals surface area contributed by atoms with Gasteiger partial charge in [-0.05, 0) is 35.4 Å². The maximum atomic E-state index is 12.8. The second kappa shape index (κ2) is 9.07. The van der Waals surface area contributed by atoms with Crippen molar-refractivity contribution in [2.24, 2.45) is 0 Å². The number of nitrogens with zero attached hydrogens (tertiary/aromatic N) is 2. The van der Waals surface area contributed by atoms with E-state index in [1.807, 2.05) is 0 Å². The van der Waals surface area contributed by atoms with Gasteiger partial charge in [-0.15, -0.1) is 0 Å². The Morgan fingerprint density at radius 1 is 1.26 bits per heavy atom.